The van der Waals surface area contributed by atoms with Gasteiger partial charge in [0.05, 0.1) is 11.4 Å². The molecule has 0 bridgehead atoms. The molecule has 0 saturated heterocycles. The van der Waals surface area contributed by atoms with Crippen molar-refractivity contribution in [2.75, 3.05) is 5.32 Å². The molecule has 7 heteroatoms. The second kappa shape index (κ2) is 9.33. The minimum absolute atomic E-state index is 0.00905. The van der Waals surface area contributed by atoms with Crippen LogP contribution in [0.3, 0.4) is 0 Å². The van der Waals surface area contributed by atoms with Gasteiger partial charge in [0.15, 0.2) is 0 Å². The Labute approximate surface area is 199 Å². The van der Waals surface area contributed by atoms with Crippen LogP contribution in [0.4, 0.5) is 10.5 Å². The molecule has 2 fully saturated rings. The van der Waals surface area contributed by atoms with Gasteiger partial charge in [0, 0.05) is 35.7 Å². The average Bonchev–Trinajstić information content (AvgIpc) is 3.35. The van der Waals surface area contributed by atoms with Crippen molar-refractivity contribution in [2.45, 2.75) is 57.9 Å². The predicted molar refractivity (Wildman–Crippen MR) is 131 cm³/mol. The molecule has 0 unspecified atom stereocenters. The van der Waals surface area contributed by atoms with E-state index in [1.165, 1.54) is 4.68 Å². The van der Waals surface area contributed by atoms with Gasteiger partial charge in [-0.25, -0.2) is 4.79 Å². The van der Waals surface area contributed by atoms with Crippen LogP contribution < -0.4 is 10.6 Å². The van der Waals surface area contributed by atoms with E-state index in [0.29, 0.717) is 23.5 Å². The number of hydrogen-bond donors (Lipinski definition) is 3. The van der Waals surface area contributed by atoms with Gasteiger partial charge in [0.2, 0.25) is 5.91 Å². The second-order valence-corrected chi connectivity index (χ2v) is 9.49. The summed E-state index contributed by atoms with van der Waals surface area (Å²) in [5.41, 5.74) is 4.69. The molecule has 2 saturated carbocycles. The number of rotatable bonds is 6. The number of aryl methyl sites for hydroxylation is 1. The number of phenolic OH excluding ortho intramolecular Hbond substituents is 1. The maximum absolute atomic E-state index is 13.1. The Hall–Kier alpha value is -3.61. The first-order valence-corrected chi connectivity index (χ1v) is 12.1. The van der Waals surface area contributed by atoms with E-state index in [2.05, 4.69) is 15.7 Å². The van der Waals surface area contributed by atoms with Crippen molar-refractivity contribution in [1.82, 2.24) is 15.1 Å². The molecule has 0 radical (unpaired) electrons. The Kier molecular flexibility index (Phi) is 6.09. The van der Waals surface area contributed by atoms with Crippen LogP contribution in [0.5, 0.6) is 5.75 Å². The van der Waals surface area contributed by atoms with E-state index in [9.17, 15) is 14.7 Å². The van der Waals surface area contributed by atoms with Crippen molar-refractivity contribution in [3.63, 3.8) is 0 Å². The molecule has 7 nitrogen and oxygen atoms in total. The van der Waals surface area contributed by atoms with Gasteiger partial charge in [-0.15, -0.1) is 0 Å². The molecular weight excluding hydrogens is 428 g/mol. The number of hydrogen-bond acceptors (Lipinski definition) is 4. The fraction of sp³-hybridized carbons (Fsp3) is 0.370. The van der Waals surface area contributed by atoms with Gasteiger partial charge in [0.25, 0.3) is 0 Å². The molecule has 0 aliphatic heterocycles. The van der Waals surface area contributed by atoms with Crippen LogP contribution in [0.25, 0.3) is 11.3 Å². The highest BCUT2D eigenvalue weighted by Gasteiger charge is 2.30. The van der Waals surface area contributed by atoms with Crippen LogP contribution >= 0.6 is 0 Å². The molecule has 2 amide bonds. The maximum Gasteiger partial charge on any atom is 0.342 e. The standard InChI is InChI=1S/C27H30N4O3/c1-17-5-4-6-18(13-17)16-28-27(34)31-24(19-7-2-3-8-19)15-23(30-31)22-12-11-21(14-25(22)32)29-26(33)20-9-10-20/h4-6,11-15,19-20,32H,2-3,7-10,16H2,1H3,(H,28,34)(H,29,33). The summed E-state index contributed by atoms with van der Waals surface area (Å²) < 4.78 is 1.46. The first kappa shape index (κ1) is 22.2. The van der Waals surface area contributed by atoms with E-state index < -0.39 is 0 Å². The number of anilines is 1. The number of carbonyl (C=O) groups excluding carboxylic acids is 2. The van der Waals surface area contributed by atoms with E-state index in [0.717, 1.165) is 55.3 Å². The van der Waals surface area contributed by atoms with E-state index in [1.807, 2.05) is 37.3 Å². The Balaban J connectivity index is 1.39. The Bertz CT molecular complexity index is 1220. The zero-order valence-corrected chi connectivity index (χ0v) is 19.4. The van der Waals surface area contributed by atoms with Gasteiger partial charge in [-0.3, -0.25) is 4.79 Å². The molecule has 3 N–H and O–H groups in total. The summed E-state index contributed by atoms with van der Waals surface area (Å²) in [6.07, 6.45) is 6.16. The summed E-state index contributed by atoms with van der Waals surface area (Å²) in [4.78, 5) is 25.2. The molecule has 1 aromatic heterocycles. The molecule has 3 aromatic rings. The smallest absolute Gasteiger partial charge is 0.342 e. The van der Waals surface area contributed by atoms with Gasteiger partial charge in [-0.2, -0.15) is 9.78 Å². The summed E-state index contributed by atoms with van der Waals surface area (Å²) in [5.74, 6) is 0.372. The first-order chi connectivity index (χ1) is 16.5. The van der Waals surface area contributed by atoms with Crippen molar-refractivity contribution in [2.24, 2.45) is 5.92 Å². The highest BCUT2D eigenvalue weighted by molar-refractivity contribution is 5.94. The molecule has 2 aliphatic rings. The molecular formula is C27H30N4O3. The predicted octanol–water partition coefficient (Wildman–Crippen LogP) is 5.33. The summed E-state index contributed by atoms with van der Waals surface area (Å²) in [5, 5.41) is 21.1. The lowest BCUT2D eigenvalue weighted by Gasteiger charge is -2.12. The van der Waals surface area contributed by atoms with Crippen LogP contribution in [0.1, 0.15) is 61.3 Å². The van der Waals surface area contributed by atoms with Gasteiger partial charge in [-0.1, -0.05) is 42.7 Å². The summed E-state index contributed by atoms with van der Waals surface area (Å²) in [6, 6.07) is 14.7. The van der Waals surface area contributed by atoms with Crippen LogP contribution in [-0.2, 0) is 11.3 Å². The fourth-order valence-electron chi connectivity index (χ4n) is 4.69. The minimum Gasteiger partial charge on any atom is -0.507 e. The van der Waals surface area contributed by atoms with E-state index in [1.54, 1.807) is 18.2 Å². The third-order valence-corrected chi connectivity index (χ3v) is 6.72. The number of carbonyl (C=O) groups is 2. The van der Waals surface area contributed by atoms with Crippen molar-refractivity contribution in [3.05, 3.63) is 65.4 Å². The zero-order valence-electron chi connectivity index (χ0n) is 19.4. The van der Waals surface area contributed by atoms with E-state index >= 15 is 0 Å². The Morgan fingerprint density at radius 1 is 1.06 bits per heavy atom. The molecule has 2 aliphatic carbocycles. The maximum atomic E-state index is 13.1. The number of aromatic hydroxyl groups is 1. The number of aromatic nitrogens is 2. The molecule has 0 spiro atoms. The Morgan fingerprint density at radius 3 is 2.56 bits per heavy atom. The topological polar surface area (TPSA) is 96.3 Å². The van der Waals surface area contributed by atoms with Crippen molar-refractivity contribution < 1.29 is 14.7 Å². The van der Waals surface area contributed by atoms with E-state index in [4.69, 9.17) is 0 Å². The number of nitrogens with zero attached hydrogens (tertiary/aromatic N) is 2. The third kappa shape index (κ3) is 4.83. The van der Waals surface area contributed by atoms with Gasteiger partial charge in [0.1, 0.15) is 5.75 Å². The summed E-state index contributed by atoms with van der Waals surface area (Å²) in [7, 11) is 0. The number of phenols is 1. The van der Waals surface area contributed by atoms with Gasteiger partial charge in [-0.05, 0) is 56.4 Å². The highest BCUT2D eigenvalue weighted by atomic mass is 16.3. The quantitative estimate of drug-likeness (QED) is 0.465. The van der Waals surface area contributed by atoms with Crippen LogP contribution in [0, 0.1) is 12.8 Å². The summed E-state index contributed by atoms with van der Waals surface area (Å²) >= 11 is 0. The van der Waals surface area contributed by atoms with Crippen LogP contribution in [0.2, 0.25) is 0 Å². The third-order valence-electron chi connectivity index (χ3n) is 6.72. The van der Waals surface area contributed by atoms with Crippen LogP contribution in [-0.4, -0.2) is 26.8 Å². The largest absolute Gasteiger partial charge is 0.507 e. The lowest BCUT2D eigenvalue weighted by atomic mass is 10.0. The van der Waals surface area contributed by atoms with Crippen LogP contribution in [0.15, 0.2) is 48.5 Å². The molecule has 0 atom stereocenters. The zero-order chi connectivity index (χ0) is 23.7. The summed E-state index contributed by atoms with van der Waals surface area (Å²) in [6.45, 7) is 2.44. The molecule has 5 rings (SSSR count). The van der Waals surface area contributed by atoms with Crippen molar-refractivity contribution >= 4 is 17.6 Å². The fourth-order valence-corrected chi connectivity index (χ4v) is 4.69. The molecule has 176 valence electrons. The van der Waals surface area contributed by atoms with Gasteiger partial charge < -0.3 is 15.7 Å². The average molecular weight is 459 g/mol. The van der Waals surface area contributed by atoms with E-state index in [-0.39, 0.29) is 29.5 Å². The normalized spacial score (nSPS) is 15.9. The van der Waals surface area contributed by atoms with Gasteiger partial charge >= 0.3 is 6.03 Å². The van der Waals surface area contributed by atoms with Crippen molar-refractivity contribution in [1.29, 1.82) is 0 Å². The first-order valence-electron chi connectivity index (χ1n) is 12.1. The number of amides is 2. The number of benzene rings is 2. The minimum atomic E-state index is -0.275. The molecule has 1 heterocycles. The molecule has 2 aromatic carbocycles. The Morgan fingerprint density at radius 2 is 1.85 bits per heavy atom. The second-order valence-electron chi connectivity index (χ2n) is 9.49. The molecule has 34 heavy (non-hydrogen) atoms. The monoisotopic (exact) mass is 458 g/mol. The van der Waals surface area contributed by atoms with Crippen molar-refractivity contribution in [3.8, 4) is 17.0 Å². The SMILES string of the molecule is Cc1cccc(CNC(=O)n2nc(-c3ccc(NC(=O)C4CC4)cc3O)cc2C2CCCC2)c1. The highest BCUT2D eigenvalue weighted by Crippen LogP contribution is 2.38. The lowest BCUT2D eigenvalue weighted by molar-refractivity contribution is -0.117. The lowest BCUT2D eigenvalue weighted by Crippen LogP contribution is -2.30. The number of nitrogens with one attached hydrogen (secondary N) is 2.